The first-order valence-electron chi connectivity index (χ1n) is 14.1. The van der Waals surface area contributed by atoms with Gasteiger partial charge in [0.2, 0.25) is 10.0 Å². The summed E-state index contributed by atoms with van der Waals surface area (Å²) in [7, 11) is -3.69. The maximum atomic E-state index is 14.3. The molecular weight excluding hydrogens is 569 g/mol. The van der Waals surface area contributed by atoms with Crippen LogP contribution >= 0.6 is 0 Å². The van der Waals surface area contributed by atoms with Crippen LogP contribution in [0.3, 0.4) is 0 Å². The van der Waals surface area contributed by atoms with Gasteiger partial charge in [0.25, 0.3) is 0 Å². The second kappa shape index (κ2) is 13.0. The number of benzene rings is 4. The summed E-state index contributed by atoms with van der Waals surface area (Å²) in [5.74, 6) is 0.792. The molecule has 0 radical (unpaired) electrons. The number of nitrogens with one attached hydrogen (secondary N) is 3. The number of sulfonamides is 1. The van der Waals surface area contributed by atoms with Gasteiger partial charge in [0.15, 0.2) is 0 Å². The van der Waals surface area contributed by atoms with Gasteiger partial charge in [0, 0.05) is 35.5 Å². The van der Waals surface area contributed by atoms with Crippen LogP contribution in [-0.4, -0.2) is 50.1 Å². The molecule has 1 aromatic heterocycles. The molecule has 226 valence electrons. The van der Waals surface area contributed by atoms with Crippen LogP contribution in [0.1, 0.15) is 31.1 Å². The number of rotatable bonds is 13. The molecule has 10 heteroatoms. The molecule has 2 atom stereocenters. The Labute approximate surface area is 250 Å². The van der Waals surface area contributed by atoms with Crippen LogP contribution in [0, 0.1) is 5.82 Å². The lowest BCUT2D eigenvalue weighted by molar-refractivity contribution is 0.125. The van der Waals surface area contributed by atoms with Crippen LogP contribution in [0.2, 0.25) is 0 Å². The van der Waals surface area contributed by atoms with E-state index >= 15 is 0 Å². The summed E-state index contributed by atoms with van der Waals surface area (Å²) in [6.45, 7) is 4.75. The lowest BCUT2D eigenvalue weighted by atomic mass is 9.95. The van der Waals surface area contributed by atoms with Crippen molar-refractivity contribution in [2.45, 2.75) is 38.5 Å². The fraction of sp³-hybridized carbons (Fsp3) is 0.273. The number of ether oxygens (including phenoxy) is 2. The minimum absolute atomic E-state index is 0.0916. The lowest BCUT2D eigenvalue weighted by Crippen LogP contribution is -2.39. The third-order valence-corrected chi connectivity index (χ3v) is 7.59. The molecule has 0 aliphatic rings. The van der Waals surface area contributed by atoms with E-state index in [0.29, 0.717) is 30.9 Å². The molecule has 5 aromatic rings. The highest BCUT2D eigenvalue weighted by Gasteiger charge is 2.23. The summed E-state index contributed by atoms with van der Waals surface area (Å²) in [6, 6.07) is 25.1. The number of fused-ring (bicyclic) bond motifs is 3. The van der Waals surface area contributed by atoms with Gasteiger partial charge in [-0.3, -0.25) is 4.72 Å². The molecule has 0 saturated heterocycles. The second-order valence-corrected chi connectivity index (χ2v) is 12.6. The van der Waals surface area contributed by atoms with E-state index in [0.717, 1.165) is 45.4 Å². The van der Waals surface area contributed by atoms with Crippen molar-refractivity contribution in [1.82, 2.24) is 10.3 Å². The zero-order chi connectivity index (χ0) is 30.6. The summed E-state index contributed by atoms with van der Waals surface area (Å²) in [4.78, 5) is 3.45. The van der Waals surface area contributed by atoms with Gasteiger partial charge in [-0.15, -0.1) is 0 Å². The molecule has 0 spiro atoms. The normalized spacial score (nSPS) is 13.3. The Bertz CT molecular complexity index is 1810. The van der Waals surface area contributed by atoms with E-state index < -0.39 is 28.0 Å². The van der Waals surface area contributed by atoms with E-state index in [1.807, 2.05) is 74.5 Å². The van der Waals surface area contributed by atoms with Crippen LogP contribution in [0.15, 0.2) is 84.9 Å². The van der Waals surface area contributed by atoms with Crippen molar-refractivity contribution in [2.75, 3.05) is 24.1 Å². The summed E-state index contributed by atoms with van der Waals surface area (Å²) in [5.41, 5.74) is 3.11. The molecule has 43 heavy (non-hydrogen) atoms. The number of aliphatic hydroxyl groups excluding tert-OH is 1. The molecule has 4 aromatic carbocycles. The van der Waals surface area contributed by atoms with Crippen LogP contribution < -0.4 is 19.5 Å². The van der Waals surface area contributed by atoms with Gasteiger partial charge in [-0.2, -0.15) is 0 Å². The van der Waals surface area contributed by atoms with Crippen molar-refractivity contribution >= 4 is 37.5 Å². The number of aromatic nitrogens is 1. The number of anilines is 1. The molecule has 0 fully saturated rings. The number of H-pyrrole nitrogens is 1. The van der Waals surface area contributed by atoms with Gasteiger partial charge in [-0.25, -0.2) is 12.8 Å². The Morgan fingerprint density at radius 1 is 0.907 bits per heavy atom. The molecule has 0 amide bonds. The standard InChI is InChI=1S/C33H36FN3O5S/c1-21(2)42-25-11-13-27-26-12-10-24(19-29(26)36-30(27)20-25)41-16-15-35-32(17-22-7-5-4-6-8-22)33(38)23-9-14-28(34)31(18-23)37-43(3,39)40/h4-14,18-21,32-33,35-38H,15-17H2,1-3H3. The van der Waals surface area contributed by atoms with Crippen molar-refractivity contribution in [3.05, 3.63) is 102 Å². The third-order valence-electron chi connectivity index (χ3n) is 7.00. The van der Waals surface area contributed by atoms with Gasteiger partial charge in [-0.1, -0.05) is 36.4 Å². The summed E-state index contributed by atoms with van der Waals surface area (Å²) in [5, 5.41) is 16.9. The molecule has 5 rings (SSSR count). The molecule has 0 saturated carbocycles. The van der Waals surface area contributed by atoms with Crippen molar-refractivity contribution in [1.29, 1.82) is 0 Å². The highest BCUT2D eigenvalue weighted by Crippen LogP contribution is 2.31. The fourth-order valence-electron chi connectivity index (χ4n) is 5.12. The summed E-state index contributed by atoms with van der Waals surface area (Å²) in [6.07, 6.45) is 0.476. The van der Waals surface area contributed by atoms with E-state index in [9.17, 15) is 17.9 Å². The fourth-order valence-corrected chi connectivity index (χ4v) is 5.67. The average molecular weight is 606 g/mol. The number of halogens is 1. The molecule has 1 heterocycles. The monoisotopic (exact) mass is 605 g/mol. The Kier molecular flexibility index (Phi) is 9.19. The number of hydrogen-bond acceptors (Lipinski definition) is 6. The van der Waals surface area contributed by atoms with Crippen LogP contribution in [0.4, 0.5) is 10.1 Å². The van der Waals surface area contributed by atoms with E-state index in [2.05, 4.69) is 21.1 Å². The minimum Gasteiger partial charge on any atom is -0.492 e. The Hall–Kier alpha value is -4.12. The maximum absolute atomic E-state index is 14.3. The lowest BCUT2D eigenvalue weighted by Gasteiger charge is -2.25. The first kappa shape index (κ1) is 30.3. The predicted molar refractivity (Wildman–Crippen MR) is 169 cm³/mol. The van der Waals surface area contributed by atoms with E-state index in [4.69, 9.17) is 9.47 Å². The Morgan fingerprint density at radius 2 is 1.58 bits per heavy atom. The maximum Gasteiger partial charge on any atom is 0.229 e. The zero-order valence-corrected chi connectivity index (χ0v) is 25.1. The molecule has 8 nitrogen and oxygen atoms in total. The van der Waals surface area contributed by atoms with E-state index in [-0.39, 0.29) is 11.8 Å². The van der Waals surface area contributed by atoms with Crippen LogP contribution in [0.25, 0.3) is 21.8 Å². The van der Waals surface area contributed by atoms with E-state index in [1.165, 1.54) is 12.1 Å². The smallest absolute Gasteiger partial charge is 0.229 e. The topological polar surface area (TPSA) is 113 Å². The Balaban J connectivity index is 1.27. The summed E-state index contributed by atoms with van der Waals surface area (Å²) < 4.78 is 51.7. The first-order chi connectivity index (χ1) is 20.6. The third kappa shape index (κ3) is 7.84. The highest BCUT2D eigenvalue weighted by atomic mass is 32.2. The van der Waals surface area contributed by atoms with Gasteiger partial charge < -0.3 is 24.9 Å². The molecule has 0 aliphatic heterocycles. The largest absolute Gasteiger partial charge is 0.492 e. The van der Waals surface area contributed by atoms with Crippen LogP contribution in [-0.2, 0) is 16.4 Å². The number of hydrogen-bond donors (Lipinski definition) is 4. The SMILES string of the molecule is CC(C)Oc1ccc2c(c1)[nH]c1cc(OCCNC(Cc3ccccc3)C(O)c3ccc(F)c(NS(C)(=O)=O)c3)ccc12. The van der Waals surface area contributed by atoms with Crippen molar-refractivity contribution in [3.8, 4) is 11.5 Å². The number of aromatic amines is 1. The van der Waals surface area contributed by atoms with Crippen molar-refractivity contribution in [2.24, 2.45) is 0 Å². The average Bonchev–Trinajstić information content (AvgIpc) is 3.32. The van der Waals surface area contributed by atoms with Crippen molar-refractivity contribution in [3.63, 3.8) is 0 Å². The van der Waals surface area contributed by atoms with Gasteiger partial charge in [0.05, 0.1) is 35.2 Å². The van der Waals surface area contributed by atoms with Gasteiger partial charge in [-0.05, 0) is 67.8 Å². The molecule has 4 N–H and O–H groups in total. The second-order valence-electron chi connectivity index (χ2n) is 10.9. The molecule has 0 bridgehead atoms. The Morgan fingerprint density at radius 3 is 2.26 bits per heavy atom. The number of aliphatic hydroxyl groups is 1. The predicted octanol–water partition coefficient (Wildman–Crippen LogP) is 5.93. The van der Waals surface area contributed by atoms with Gasteiger partial charge in [0.1, 0.15) is 23.9 Å². The van der Waals surface area contributed by atoms with Crippen molar-refractivity contribution < 1.29 is 27.4 Å². The minimum atomic E-state index is -3.69. The highest BCUT2D eigenvalue weighted by molar-refractivity contribution is 7.92. The first-order valence-corrected chi connectivity index (χ1v) is 16.0. The van der Waals surface area contributed by atoms with Gasteiger partial charge >= 0.3 is 0 Å². The molecular formula is C33H36FN3O5S. The quantitative estimate of drug-likeness (QED) is 0.124. The zero-order valence-electron chi connectivity index (χ0n) is 24.3. The van der Waals surface area contributed by atoms with E-state index in [1.54, 1.807) is 0 Å². The molecule has 0 aliphatic carbocycles. The summed E-state index contributed by atoms with van der Waals surface area (Å²) >= 11 is 0. The molecule has 2 unspecified atom stereocenters. The van der Waals surface area contributed by atoms with Crippen LogP contribution in [0.5, 0.6) is 11.5 Å².